The lowest BCUT2D eigenvalue weighted by atomic mass is 10.0. The SMILES string of the molecule is COc1ccc(NC2=C([N+](=O)[O-])CCCC2)cc1. The Morgan fingerprint density at radius 1 is 1.22 bits per heavy atom. The van der Waals surface area contributed by atoms with Gasteiger partial charge in [0.2, 0.25) is 0 Å². The Bertz CT molecular complexity index is 466. The van der Waals surface area contributed by atoms with Crippen LogP contribution in [0, 0.1) is 10.1 Å². The number of rotatable bonds is 4. The lowest BCUT2D eigenvalue weighted by Gasteiger charge is -2.16. The number of methoxy groups -OCH3 is 1. The van der Waals surface area contributed by atoms with Crippen LogP contribution in [0.2, 0.25) is 0 Å². The van der Waals surface area contributed by atoms with E-state index in [2.05, 4.69) is 5.32 Å². The van der Waals surface area contributed by atoms with E-state index in [-0.39, 0.29) is 4.92 Å². The Morgan fingerprint density at radius 2 is 1.89 bits per heavy atom. The fraction of sp³-hybridized carbons (Fsp3) is 0.385. The molecule has 96 valence electrons. The zero-order valence-electron chi connectivity index (χ0n) is 10.3. The molecule has 0 aromatic heterocycles. The van der Waals surface area contributed by atoms with Gasteiger partial charge in [-0.15, -0.1) is 0 Å². The van der Waals surface area contributed by atoms with E-state index in [4.69, 9.17) is 4.74 Å². The van der Waals surface area contributed by atoms with Crippen LogP contribution in [0.15, 0.2) is 35.7 Å². The fourth-order valence-corrected chi connectivity index (χ4v) is 2.07. The molecule has 0 heterocycles. The van der Waals surface area contributed by atoms with E-state index in [1.54, 1.807) is 7.11 Å². The van der Waals surface area contributed by atoms with E-state index in [0.717, 1.165) is 36.4 Å². The summed E-state index contributed by atoms with van der Waals surface area (Å²) in [6, 6.07) is 7.38. The molecule has 0 spiro atoms. The molecule has 0 radical (unpaired) electrons. The van der Waals surface area contributed by atoms with Crippen molar-refractivity contribution in [2.45, 2.75) is 25.7 Å². The van der Waals surface area contributed by atoms with Gasteiger partial charge in [-0.1, -0.05) is 0 Å². The zero-order valence-corrected chi connectivity index (χ0v) is 10.3. The summed E-state index contributed by atoms with van der Waals surface area (Å²) in [4.78, 5) is 10.7. The third-order valence-corrected chi connectivity index (χ3v) is 3.04. The number of nitro groups is 1. The van der Waals surface area contributed by atoms with E-state index in [1.807, 2.05) is 24.3 Å². The van der Waals surface area contributed by atoms with Crippen molar-refractivity contribution in [1.82, 2.24) is 0 Å². The summed E-state index contributed by atoms with van der Waals surface area (Å²) in [5.74, 6) is 0.771. The standard InChI is InChI=1S/C13H16N2O3/c1-18-11-8-6-10(7-9-11)14-12-4-2-3-5-13(12)15(16)17/h6-9,14H,2-5H2,1H3. The first-order valence-electron chi connectivity index (χ1n) is 5.98. The molecule has 5 heteroatoms. The molecule has 0 saturated carbocycles. The average molecular weight is 248 g/mol. The first-order valence-corrected chi connectivity index (χ1v) is 5.98. The van der Waals surface area contributed by atoms with Gasteiger partial charge in [-0.05, 0) is 43.5 Å². The first-order chi connectivity index (χ1) is 8.70. The molecule has 1 aliphatic carbocycles. The highest BCUT2D eigenvalue weighted by Gasteiger charge is 2.22. The van der Waals surface area contributed by atoms with Gasteiger partial charge in [0.1, 0.15) is 5.75 Å². The molecule has 0 bridgehead atoms. The van der Waals surface area contributed by atoms with Crippen molar-refractivity contribution in [2.24, 2.45) is 0 Å². The molecule has 0 fully saturated rings. The summed E-state index contributed by atoms with van der Waals surface area (Å²) in [6.07, 6.45) is 3.17. The van der Waals surface area contributed by atoms with Crippen LogP contribution in [0.1, 0.15) is 25.7 Å². The molecule has 1 aromatic carbocycles. The molecule has 1 aliphatic rings. The molecular formula is C13H16N2O3. The van der Waals surface area contributed by atoms with Gasteiger partial charge in [-0.3, -0.25) is 10.1 Å². The molecule has 5 nitrogen and oxygen atoms in total. The molecule has 2 rings (SSSR count). The Labute approximate surface area is 106 Å². The largest absolute Gasteiger partial charge is 0.497 e. The molecule has 0 saturated heterocycles. The Balaban J connectivity index is 2.17. The quantitative estimate of drug-likeness (QED) is 0.656. The predicted molar refractivity (Wildman–Crippen MR) is 69.1 cm³/mol. The molecule has 18 heavy (non-hydrogen) atoms. The summed E-state index contributed by atoms with van der Waals surface area (Å²) < 4.78 is 5.07. The topological polar surface area (TPSA) is 64.4 Å². The van der Waals surface area contributed by atoms with Crippen LogP contribution in [0.4, 0.5) is 5.69 Å². The summed E-state index contributed by atoms with van der Waals surface area (Å²) in [5, 5.41) is 14.1. The maximum Gasteiger partial charge on any atom is 0.265 e. The van der Waals surface area contributed by atoms with E-state index in [0.29, 0.717) is 12.1 Å². The number of allylic oxidation sites excluding steroid dienone is 2. The second kappa shape index (κ2) is 5.53. The monoisotopic (exact) mass is 248 g/mol. The van der Waals surface area contributed by atoms with Gasteiger partial charge in [0.25, 0.3) is 5.70 Å². The highest BCUT2D eigenvalue weighted by atomic mass is 16.6. The number of nitrogens with zero attached hydrogens (tertiary/aromatic N) is 1. The molecule has 0 amide bonds. The zero-order chi connectivity index (χ0) is 13.0. The summed E-state index contributed by atoms with van der Waals surface area (Å²) in [5.41, 5.74) is 1.90. The average Bonchev–Trinajstić information content (AvgIpc) is 2.40. The lowest BCUT2D eigenvalue weighted by Crippen LogP contribution is -2.13. The third kappa shape index (κ3) is 2.80. The molecular weight excluding hydrogens is 232 g/mol. The smallest absolute Gasteiger partial charge is 0.265 e. The van der Waals surface area contributed by atoms with E-state index in [1.165, 1.54) is 0 Å². The van der Waals surface area contributed by atoms with Crippen LogP contribution < -0.4 is 10.1 Å². The second-order valence-corrected chi connectivity index (χ2v) is 4.24. The van der Waals surface area contributed by atoms with Crippen molar-refractivity contribution >= 4 is 5.69 Å². The maximum absolute atomic E-state index is 10.9. The maximum atomic E-state index is 10.9. The second-order valence-electron chi connectivity index (χ2n) is 4.24. The summed E-state index contributed by atoms with van der Waals surface area (Å²) in [6.45, 7) is 0. The number of ether oxygens (including phenoxy) is 1. The highest BCUT2D eigenvalue weighted by molar-refractivity contribution is 5.51. The van der Waals surface area contributed by atoms with Gasteiger partial charge in [0.15, 0.2) is 0 Å². The van der Waals surface area contributed by atoms with Crippen molar-refractivity contribution in [3.05, 3.63) is 45.8 Å². The van der Waals surface area contributed by atoms with Gasteiger partial charge in [-0.25, -0.2) is 0 Å². The number of benzene rings is 1. The lowest BCUT2D eigenvalue weighted by molar-refractivity contribution is -0.430. The van der Waals surface area contributed by atoms with Crippen LogP contribution >= 0.6 is 0 Å². The first kappa shape index (κ1) is 12.4. The van der Waals surface area contributed by atoms with Crippen LogP contribution in [0.25, 0.3) is 0 Å². The minimum atomic E-state index is -0.273. The van der Waals surface area contributed by atoms with Crippen LogP contribution in [-0.2, 0) is 0 Å². The Morgan fingerprint density at radius 3 is 2.50 bits per heavy atom. The summed E-state index contributed by atoms with van der Waals surface area (Å²) >= 11 is 0. The molecule has 1 N–H and O–H groups in total. The van der Waals surface area contributed by atoms with Crippen LogP contribution in [0.5, 0.6) is 5.75 Å². The summed E-state index contributed by atoms with van der Waals surface area (Å²) in [7, 11) is 1.61. The number of hydrogen-bond acceptors (Lipinski definition) is 4. The van der Waals surface area contributed by atoms with Crippen molar-refractivity contribution in [2.75, 3.05) is 12.4 Å². The van der Waals surface area contributed by atoms with Crippen LogP contribution in [-0.4, -0.2) is 12.0 Å². The number of hydrogen-bond donors (Lipinski definition) is 1. The Hall–Kier alpha value is -2.04. The predicted octanol–water partition coefficient (Wildman–Crippen LogP) is 3.17. The van der Waals surface area contributed by atoms with Crippen molar-refractivity contribution in [3.8, 4) is 5.75 Å². The van der Waals surface area contributed by atoms with Gasteiger partial charge in [0.05, 0.1) is 17.7 Å². The molecule has 0 aliphatic heterocycles. The normalized spacial score (nSPS) is 15.4. The van der Waals surface area contributed by atoms with E-state index >= 15 is 0 Å². The number of nitrogens with one attached hydrogen (secondary N) is 1. The third-order valence-electron chi connectivity index (χ3n) is 3.04. The minimum absolute atomic E-state index is 0.273. The minimum Gasteiger partial charge on any atom is -0.497 e. The van der Waals surface area contributed by atoms with Crippen LogP contribution in [0.3, 0.4) is 0 Å². The van der Waals surface area contributed by atoms with Gasteiger partial charge < -0.3 is 10.1 Å². The molecule has 0 unspecified atom stereocenters. The van der Waals surface area contributed by atoms with Gasteiger partial charge in [-0.2, -0.15) is 0 Å². The highest BCUT2D eigenvalue weighted by Crippen LogP contribution is 2.27. The number of anilines is 1. The molecule has 1 aromatic rings. The van der Waals surface area contributed by atoms with Crippen molar-refractivity contribution in [1.29, 1.82) is 0 Å². The van der Waals surface area contributed by atoms with Crippen molar-refractivity contribution in [3.63, 3.8) is 0 Å². The van der Waals surface area contributed by atoms with Gasteiger partial charge in [0, 0.05) is 12.1 Å². The van der Waals surface area contributed by atoms with E-state index < -0.39 is 0 Å². The van der Waals surface area contributed by atoms with Gasteiger partial charge >= 0.3 is 0 Å². The Kier molecular flexibility index (Phi) is 3.82. The fourth-order valence-electron chi connectivity index (χ4n) is 2.07. The van der Waals surface area contributed by atoms with Crippen molar-refractivity contribution < 1.29 is 9.66 Å². The van der Waals surface area contributed by atoms with E-state index in [9.17, 15) is 10.1 Å². The molecule has 0 atom stereocenters.